The van der Waals surface area contributed by atoms with Gasteiger partial charge in [0.2, 0.25) is 5.91 Å². The molecule has 0 fully saturated rings. The van der Waals surface area contributed by atoms with E-state index in [2.05, 4.69) is 102 Å². The SMILES string of the molecule is CC(=O)Nc1cccc(NC(=O)c2cc(-c3ccccn3)n[nH]2)c1.COc1cc(C)c(-c2n[nH]c(C)c2Oc2ccccc2)c(O)c1.COc1ccc(-c2c(-c3ccc(O)cc3O)n[nH]c2C)cc1.FC(F)(F)c1cc(-c2ccc(Cl)cc2)n[nH]1.O=Cc1cc(-c2ccccn2)n[nH]1.O=c1cc(-c2ccccc2)[nH][nH]1.Oc1c(-c2ccccc2)n[nH]c1-c1ccccc1.c1ccc(-c2cc(-c3ccccn3)[nH]n2)cc1. The maximum absolute atomic E-state index is 12.3. The van der Waals surface area contributed by atoms with Gasteiger partial charge in [-0.3, -0.25) is 80.0 Å². The number of carbonyl (C=O) groups is 3. The molecule has 15 N–H and O–H groups in total. The number of phenols is 3. The quantitative estimate of drug-likeness (QED) is 0.0334. The number of carbonyl (C=O) groups excluding carboxylic acids is 3. The topological polar surface area (TPSA) is 472 Å². The molecule has 21 aromatic rings. The number of aryl methyl sites for hydroxylation is 3. The van der Waals surface area contributed by atoms with E-state index >= 15 is 0 Å². The zero-order valence-electron chi connectivity index (χ0n) is 78.3. The van der Waals surface area contributed by atoms with Gasteiger partial charge < -0.3 is 45.3 Å². The molecule has 0 saturated heterocycles. The van der Waals surface area contributed by atoms with Crippen molar-refractivity contribution in [2.75, 3.05) is 24.9 Å². The van der Waals surface area contributed by atoms with Crippen LogP contribution in [0, 0.1) is 20.8 Å². The molecule has 11 heterocycles. The minimum atomic E-state index is -4.41. The molecule has 0 aliphatic rings. The number of H-pyrrole nitrogens is 9. The first-order valence-corrected chi connectivity index (χ1v) is 44.8. The van der Waals surface area contributed by atoms with E-state index in [4.69, 9.17) is 25.8 Å². The van der Waals surface area contributed by atoms with E-state index < -0.39 is 11.9 Å². The second kappa shape index (κ2) is 49.1. The van der Waals surface area contributed by atoms with Gasteiger partial charge in [-0.05, 0) is 171 Å². The summed E-state index contributed by atoms with van der Waals surface area (Å²) in [7, 11) is 3.19. The third-order valence-corrected chi connectivity index (χ3v) is 21.4. The molecule has 0 spiro atoms. The highest BCUT2D eigenvalue weighted by molar-refractivity contribution is 6.30. The third-order valence-electron chi connectivity index (χ3n) is 21.2. The van der Waals surface area contributed by atoms with Gasteiger partial charge in [-0.1, -0.05) is 200 Å². The Morgan fingerprint density at radius 2 is 0.931 bits per heavy atom. The van der Waals surface area contributed by atoms with Crippen LogP contribution in [0.1, 0.15) is 50.5 Å². The molecule has 0 aliphatic heterocycles. The molecule has 10 aromatic carbocycles. The molecule has 145 heavy (non-hydrogen) atoms. The molecule has 0 radical (unpaired) electrons. The van der Waals surface area contributed by atoms with Crippen LogP contribution in [-0.4, -0.2) is 149 Å². The number of hydrogen-bond donors (Lipinski definition) is 15. The predicted octanol–water partition coefficient (Wildman–Crippen LogP) is 23.3. The Balaban J connectivity index is 0.000000132. The third kappa shape index (κ3) is 27.7. The number of amides is 2. The number of para-hydroxylation sites is 1. The Labute approximate surface area is 831 Å². The molecular weight excluding hydrogens is 1870 g/mol. The zero-order chi connectivity index (χ0) is 102. The van der Waals surface area contributed by atoms with Crippen molar-refractivity contribution in [2.24, 2.45) is 0 Å². The fourth-order valence-electron chi connectivity index (χ4n) is 14.2. The molecule has 0 aliphatic carbocycles. The summed E-state index contributed by atoms with van der Waals surface area (Å²) in [5, 5.41) is 99.1. The van der Waals surface area contributed by atoms with Gasteiger partial charge in [0.15, 0.2) is 17.8 Å². The number of pyridine rings is 3. The number of rotatable bonds is 19. The lowest BCUT2D eigenvalue weighted by Crippen LogP contribution is -2.13. The number of aromatic hydroxyl groups is 4. The summed E-state index contributed by atoms with van der Waals surface area (Å²) in [6.07, 6.45) is 1.44. The number of hydrogen-bond acceptors (Lipinski definition) is 21. The lowest BCUT2D eigenvalue weighted by Gasteiger charge is -2.12. The monoisotopic (exact) mass is 1960 g/mol. The smallest absolute Gasteiger partial charge is 0.432 e. The highest BCUT2D eigenvalue weighted by Crippen LogP contribution is 2.44. The number of aromatic amines is 9. The Morgan fingerprint density at radius 1 is 0.400 bits per heavy atom. The van der Waals surface area contributed by atoms with Crippen LogP contribution in [0.25, 0.3) is 124 Å². The summed E-state index contributed by atoms with van der Waals surface area (Å²) in [5.74, 6) is 2.47. The lowest BCUT2D eigenvalue weighted by molar-refractivity contribution is -0.141. The van der Waals surface area contributed by atoms with Crippen molar-refractivity contribution in [2.45, 2.75) is 33.9 Å². The number of benzene rings is 10. The fourth-order valence-corrected chi connectivity index (χ4v) is 14.3. The fraction of sp³-hybridized carbons (Fsp3) is 0.0642. The van der Waals surface area contributed by atoms with Crippen LogP contribution in [0.4, 0.5) is 24.5 Å². The predicted molar refractivity (Wildman–Crippen MR) is 549 cm³/mol. The number of halogens is 4. The first-order chi connectivity index (χ1) is 70.3. The van der Waals surface area contributed by atoms with Crippen LogP contribution in [0.15, 0.2) is 363 Å². The van der Waals surface area contributed by atoms with Crippen LogP contribution in [-0.2, 0) is 11.0 Å². The lowest BCUT2D eigenvalue weighted by atomic mass is 9.98. The van der Waals surface area contributed by atoms with Crippen molar-refractivity contribution in [3.8, 4) is 170 Å². The second-order valence-corrected chi connectivity index (χ2v) is 31.8. The number of methoxy groups -OCH3 is 2. The molecule has 0 atom stereocenters. The summed E-state index contributed by atoms with van der Waals surface area (Å²) >= 11 is 5.67. The van der Waals surface area contributed by atoms with E-state index in [1.54, 1.807) is 106 Å². The van der Waals surface area contributed by atoms with E-state index in [0.29, 0.717) is 102 Å². The van der Waals surface area contributed by atoms with Crippen LogP contribution >= 0.6 is 11.6 Å². The Hall–Kier alpha value is -19.6. The van der Waals surface area contributed by atoms with Crippen LogP contribution < -0.4 is 30.4 Å². The molecule has 11 aromatic heterocycles. The molecule has 0 saturated carbocycles. The number of nitrogens with zero attached hydrogens (tertiary/aromatic N) is 10. The molecule has 36 heteroatoms. The van der Waals surface area contributed by atoms with Gasteiger partial charge in [0, 0.05) is 99.2 Å². The highest BCUT2D eigenvalue weighted by Gasteiger charge is 2.33. The molecule has 0 bridgehead atoms. The Bertz CT molecular complexity index is 7670. The standard InChI is InChI=1S/C18H18N2O3.C17H15N5O2.C17H16N2O3.C15H12N2O.C14H11N3.C10H6ClF3N2.C9H7N3O.C9H8N2O/c1-11-9-14(22-3)10-15(21)16(11)17-18(12(2)19-20-17)23-13-7-5-4-6-8-13;1-11(23)19-12-5-4-6-13(9-12)20-17(24)16-10-15(21-22-16)14-7-2-3-8-18-14;1-10-16(11-3-6-13(22-2)7-4-11)17(19-18-10)14-8-5-12(20)9-15(14)21;18-15-13(11-7-3-1-4-8-11)16-17-14(15)12-9-5-2-6-10-12;1-2-6-11(7-3-1)13-10-14(17-16-13)12-8-4-5-9-15-12;11-7-3-1-6(2-4-7)8-5-9(16-15-8)10(12,13)14;13-6-7-5-9(12-11-7)8-3-1-2-4-10-8;12-9-6-8(10-11-9)7-4-2-1-3-5-7/h4-10,21H,1-3H3,(H,19,20);2-10H,1H3,(H,19,23)(H,20,24)(H,21,22);3-9,20-21H,1-2H3,(H,18,19);1-10,18H,(H,16,17);1-10H,(H,16,17);1-5H,(H,15,16);1-6H,(H,11,12);1-6H,(H2,10,11,12). The van der Waals surface area contributed by atoms with Crippen molar-refractivity contribution < 1.29 is 62.2 Å². The second-order valence-electron chi connectivity index (χ2n) is 31.4. The number of anilines is 2. The molecular formula is C109H93ClF3N21O11. The maximum Gasteiger partial charge on any atom is 0.432 e. The number of aldehydes is 1. The zero-order valence-corrected chi connectivity index (χ0v) is 79.0. The average molecular weight is 1970 g/mol. The van der Waals surface area contributed by atoms with Gasteiger partial charge in [0.25, 0.3) is 11.5 Å². The van der Waals surface area contributed by atoms with Crippen molar-refractivity contribution in [1.82, 2.24) is 96.5 Å². The summed E-state index contributed by atoms with van der Waals surface area (Å²) in [6, 6.07) is 102. The summed E-state index contributed by atoms with van der Waals surface area (Å²) in [4.78, 5) is 57.1. The molecule has 0 unspecified atom stereocenters. The van der Waals surface area contributed by atoms with Crippen molar-refractivity contribution in [1.29, 1.82) is 0 Å². The molecule has 728 valence electrons. The summed E-state index contributed by atoms with van der Waals surface area (Å²) in [5.41, 5.74) is 20.1. The number of alkyl halides is 3. The number of nitrogens with one attached hydrogen (secondary N) is 11. The van der Waals surface area contributed by atoms with Gasteiger partial charge >= 0.3 is 6.18 Å². The molecule has 32 nitrogen and oxygen atoms in total. The Morgan fingerprint density at radius 3 is 1.50 bits per heavy atom. The van der Waals surface area contributed by atoms with Crippen molar-refractivity contribution >= 4 is 41.1 Å². The van der Waals surface area contributed by atoms with E-state index in [9.17, 15) is 52.8 Å². The summed E-state index contributed by atoms with van der Waals surface area (Å²) in [6.45, 7) is 7.13. The van der Waals surface area contributed by atoms with Gasteiger partial charge in [-0.2, -0.15) is 48.9 Å². The first-order valence-electron chi connectivity index (χ1n) is 44.4. The van der Waals surface area contributed by atoms with Crippen LogP contribution in [0.5, 0.6) is 46.0 Å². The van der Waals surface area contributed by atoms with Crippen molar-refractivity contribution in [3.05, 3.63) is 408 Å². The van der Waals surface area contributed by atoms with Gasteiger partial charge in [-0.15, -0.1) is 0 Å². The van der Waals surface area contributed by atoms with E-state index in [-0.39, 0.29) is 46.1 Å². The van der Waals surface area contributed by atoms with Gasteiger partial charge in [0.1, 0.15) is 80.0 Å². The summed E-state index contributed by atoms with van der Waals surface area (Å²) < 4.78 is 53.2. The minimum absolute atomic E-state index is 0.0127. The van der Waals surface area contributed by atoms with Gasteiger partial charge in [0.05, 0.1) is 71.0 Å². The van der Waals surface area contributed by atoms with Crippen molar-refractivity contribution in [3.63, 3.8) is 0 Å². The molecule has 21 rings (SSSR count). The highest BCUT2D eigenvalue weighted by atomic mass is 35.5. The normalized spacial score (nSPS) is 10.5. The minimum Gasteiger partial charge on any atom is -0.508 e. The van der Waals surface area contributed by atoms with E-state index in [1.165, 1.54) is 25.1 Å². The van der Waals surface area contributed by atoms with Crippen LogP contribution in [0.2, 0.25) is 5.02 Å². The number of ether oxygens (including phenoxy) is 3. The average Bonchev–Trinajstić information content (AvgIpc) is 1.71. The largest absolute Gasteiger partial charge is 0.508 e. The molecule has 2 amide bonds. The Kier molecular flexibility index (Phi) is 34.3. The van der Waals surface area contributed by atoms with E-state index in [1.807, 2.05) is 269 Å². The van der Waals surface area contributed by atoms with Crippen LogP contribution in [0.3, 0.4) is 0 Å². The van der Waals surface area contributed by atoms with Gasteiger partial charge in [-0.25, -0.2) is 0 Å². The number of aromatic nitrogens is 19. The number of phenolic OH excluding ortho intramolecular Hbond substituents is 3. The van der Waals surface area contributed by atoms with E-state index in [0.717, 1.165) is 96.9 Å². The maximum atomic E-state index is 12.3. The first kappa shape index (κ1) is 101.